The minimum Gasteiger partial charge on any atom is -0.481 e. The van der Waals surface area contributed by atoms with E-state index in [2.05, 4.69) is 0 Å². The molecule has 1 amide bonds. The number of primary amides is 1. The van der Waals surface area contributed by atoms with E-state index in [1.165, 1.54) is 0 Å². The Morgan fingerprint density at radius 2 is 1.95 bits per heavy atom. The molecule has 0 bridgehead atoms. The molecule has 1 heterocycles. The number of aliphatic carboxylic acids is 1. The molecule has 0 aromatic heterocycles. The molecule has 1 aliphatic heterocycles. The normalized spacial score (nSPS) is 22.6. The average Bonchev–Trinajstić information content (AvgIpc) is 2.81. The first-order chi connectivity index (χ1) is 10.1. The summed E-state index contributed by atoms with van der Waals surface area (Å²) in [5, 5.41) is 26.7. The van der Waals surface area contributed by atoms with Crippen LogP contribution in [0.2, 0.25) is 6.32 Å². The topological polar surface area (TPSA) is 170 Å². The lowest BCUT2D eigenvalue weighted by Crippen LogP contribution is -2.43. The van der Waals surface area contributed by atoms with Gasteiger partial charge in [0.15, 0.2) is 0 Å². The Balaban J connectivity index is 2.68. The first-order valence-corrected chi connectivity index (χ1v) is 8.19. The monoisotopic (exact) mass is 337 g/mol. The number of hydrogen-bond donors (Lipinski definition) is 5. The molecule has 6 N–H and O–H groups in total. The number of rotatable bonds is 9. The van der Waals surface area contributed by atoms with Gasteiger partial charge in [0, 0.05) is 13.1 Å². The van der Waals surface area contributed by atoms with E-state index in [0.717, 1.165) is 4.31 Å². The van der Waals surface area contributed by atoms with Crippen molar-refractivity contribution in [3.63, 3.8) is 0 Å². The van der Waals surface area contributed by atoms with Gasteiger partial charge in [0.05, 0.1) is 12.5 Å². The molecule has 22 heavy (non-hydrogen) atoms. The first kappa shape index (κ1) is 18.8. The number of carboxylic acid groups (broad SMARTS) is 1. The maximum atomic E-state index is 12.0. The van der Waals surface area contributed by atoms with Gasteiger partial charge in [-0.3, -0.25) is 9.59 Å². The number of carbonyl (C=O) groups excluding carboxylic acids is 1. The molecule has 1 rings (SSSR count). The van der Waals surface area contributed by atoms with Crippen LogP contribution in [0.25, 0.3) is 0 Å². The van der Waals surface area contributed by atoms with Crippen molar-refractivity contribution in [1.82, 2.24) is 9.03 Å². The van der Waals surface area contributed by atoms with Crippen molar-refractivity contribution in [3.8, 4) is 0 Å². The predicted octanol–water partition coefficient (Wildman–Crippen LogP) is -2.81. The number of nitrogens with two attached hydrogens (primary N) is 1. The molecule has 2 atom stereocenters. The third kappa shape index (κ3) is 5.53. The van der Waals surface area contributed by atoms with Crippen LogP contribution in [0, 0.1) is 11.8 Å². The van der Waals surface area contributed by atoms with Gasteiger partial charge in [0.1, 0.15) is 0 Å². The zero-order valence-corrected chi connectivity index (χ0v) is 12.7. The van der Waals surface area contributed by atoms with Crippen molar-refractivity contribution in [3.05, 3.63) is 0 Å². The molecular formula is C10H20BN3O7S. The number of carboxylic acids is 1. The van der Waals surface area contributed by atoms with E-state index >= 15 is 0 Å². The molecular weight excluding hydrogens is 317 g/mol. The third-order valence-electron chi connectivity index (χ3n) is 3.53. The number of nitrogens with zero attached hydrogens (tertiary/aromatic N) is 1. The lowest BCUT2D eigenvalue weighted by Gasteiger charge is -2.16. The average molecular weight is 337 g/mol. The van der Waals surface area contributed by atoms with E-state index in [1.807, 2.05) is 4.72 Å². The quantitative estimate of drug-likeness (QED) is 0.283. The summed E-state index contributed by atoms with van der Waals surface area (Å²) in [5.74, 6) is -3.25. The summed E-state index contributed by atoms with van der Waals surface area (Å²) >= 11 is 0. The van der Waals surface area contributed by atoms with Gasteiger partial charge in [-0.15, -0.1) is 0 Å². The van der Waals surface area contributed by atoms with E-state index < -0.39 is 47.6 Å². The minimum atomic E-state index is -3.98. The summed E-state index contributed by atoms with van der Waals surface area (Å²) in [5.41, 5.74) is 4.87. The molecule has 0 aromatic carbocycles. The second-order valence-electron chi connectivity index (χ2n) is 5.23. The van der Waals surface area contributed by atoms with Crippen LogP contribution in [0.1, 0.15) is 12.8 Å². The van der Waals surface area contributed by atoms with Crippen molar-refractivity contribution in [1.29, 1.82) is 0 Å². The molecule has 2 unspecified atom stereocenters. The third-order valence-corrected chi connectivity index (χ3v) is 5.02. The van der Waals surface area contributed by atoms with Gasteiger partial charge in [-0.2, -0.15) is 17.4 Å². The van der Waals surface area contributed by atoms with E-state index in [1.54, 1.807) is 0 Å². The summed E-state index contributed by atoms with van der Waals surface area (Å²) in [6.45, 7) is -0.764. The van der Waals surface area contributed by atoms with E-state index in [9.17, 15) is 23.1 Å². The Morgan fingerprint density at radius 3 is 2.45 bits per heavy atom. The smallest absolute Gasteiger partial charge is 0.451 e. The predicted molar refractivity (Wildman–Crippen MR) is 76.5 cm³/mol. The summed E-state index contributed by atoms with van der Waals surface area (Å²) < 4.78 is 26.9. The van der Waals surface area contributed by atoms with Gasteiger partial charge in [0.25, 0.3) is 10.2 Å². The number of carbonyl (C=O) groups is 2. The summed E-state index contributed by atoms with van der Waals surface area (Å²) in [6, 6.07) is 0. The van der Waals surface area contributed by atoms with Crippen LogP contribution in [-0.4, -0.2) is 66.5 Å². The fourth-order valence-corrected chi connectivity index (χ4v) is 3.67. The SMILES string of the molecule is NC(=O)CNS(=O)(=O)N1CC(CCCB(O)O)C(C(=O)O)C1. The Bertz CT molecular complexity index is 513. The molecule has 1 saturated heterocycles. The van der Waals surface area contributed by atoms with Crippen molar-refractivity contribution in [2.45, 2.75) is 19.2 Å². The van der Waals surface area contributed by atoms with Crippen LogP contribution >= 0.6 is 0 Å². The number of amides is 1. The molecule has 1 aliphatic rings. The maximum Gasteiger partial charge on any atom is 0.451 e. The van der Waals surface area contributed by atoms with Gasteiger partial charge in [0.2, 0.25) is 5.91 Å². The number of nitrogens with one attached hydrogen (secondary N) is 1. The fourth-order valence-electron chi connectivity index (χ4n) is 2.42. The van der Waals surface area contributed by atoms with Gasteiger partial charge in [-0.25, -0.2) is 0 Å². The van der Waals surface area contributed by atoms with Crippen LogP contribution in [0.3, 0.4) is 0 Å². The van der Waals surface area contributed by atoms with Crippen molar-refractivity contribution in [2.24, 2.45) is 17.6 Å². The standard InChI is InChI=1S/C10H20BN3O7S/c12-9(15)4-13-22(20,21)14-5-7(2-1-3-11(18)19)8(6-14)10(16)17/h7-8,13,18-19H,1-6H2,(H2,12,15)(H,16,17). The molecule has 0 spiro atoms. The van der Waals surface area contributed by atoms with Crippen LogP contribution in [0.4, 0.5) is 0 Å². The van der Waals surface area contributed by atoms with Crippen LogP contribution in [0.15, 0.2) is 0 Å². The van der Waals surface area contributed by atoms with Crippen LogP contribution < -0.4 is 10.5 Å². The molecule has 10 nitrogen and oxygen atoms in total. The molecule has 12 heteroatoms. The second-order valence-corrected chi connectivity index (χ2v) is 6.98. The maximum absolute atomic E-state index is 12.0. The van der Waals surface area contributed by atoms with E-state index in [0.29, 0.717) is 12.8 Å². The lowest BCUT2D eigenvalue weighted by atomic mass is 9.80. The largest absolute Gasteiger partial charge is 0.481 e. The summed E-state index contributed by atoms with van der Waals surface area (Å²) in [6.07, 6.45) is 0.820. The van der Waals surface area contributed by atoms with Crippen molar-refractivity contribution in [2.75, 3.05) is 19.6 Å². The Kier molecular flexibility index (Phi) is 6.75. The van der Waals surface area contributed by atoms with Gasteiger partial charge < -0.3 is 20.9 Å². The molecule has 0 saturated carbocycles. The number of hydrogen-bond acceptors (Lipinski definition) is 6. The summed E-state index contributed by atoms with van der Waals surface area (Å²) in [7, 11) is -5.45. The molecule has 0 aromatic rings. The lowest BCUT2D eigenvalue weighted by molar-refractivity contribution is -0.142. The fraction of sp³-hybridized carbons (Fsp3) is 0.800. The van der Waals surface area contributed by atoms with Gasteiger partial charge in [-0.05, 0) is 18.7 Å². The van der Waals surface area contributed by atoms with Crippen molar-refractivity contribution < 1.29 is 33.2 Å². The molecule has 0 aliphatic carbocycles. The molecule has 0 radical (unpaired) electrons. The highest BCUT2D eigenvalue weighted by Crippen LogP contribution is 2.29. The zero-order valence-electron chi connectivity index (χ0n) is 11.9. The minimum absolute atomic E-state index is 0.00736. The van der Waals surface area contributed by atoms with Crippen molar-refractivity contribution >= 4 is 29.2 Å². The highest BCUT2D eigenvalue weighted by atomic mass is 32.2. The Morgan fingerprint density at radius 1 is 1.32 bits per heavy atom. The zero-order chi connectivity index (χ0) is 16.9. The molecule has 1 fully saturated rings. The van der Waals surface area contributed by atoms with Gasteiger partial charge >= 0.3 is 13.1 Å². The highest BCUT2D eigenvalue weighted by molar-refractivity contribution is 7.87. The van der Waals surface area contributed by atoms with E-state index in [-0.39, 0.29) is 19.4 Å². The first-order valence-electron chi connectivity index (χ1n) is 6.75. The highest BCUT2D eigenvalue weighted by Gasteiger charge is 2.42. The Hall–Kier alpha value is -1.21. The second kappa shape index (κ2) is 7.88. The molecule has 126 valence electrons. The van der Waals surface area contributed by atoms with E-state index in [4.69, 9.17) is 15.8 Å². The Labute approximate surface area is 128 Å². The van der Waals surface area contributed by atoms with Crippen LogP contribution in [-0.2, 0) is 19.8 Å². The summed E-state index contributed by atoms with van der Waals surface area (Å²) in [4.78, 5) is 21.9. The van der Waals surface area contributed by atoms with Crippen LogP contribution in [0.5, 0.6) is 0 Å². The van der Waals surface area contributed by atoms with Gasteiger partial charge in [-0.1, -0.05) is 6.42 Å².